The first-order valence-electron chi connectivity index (χ1n) is 3.71. The van der Waals surface area contributed by atoms with Crippen molar-refractivity contribution >= 4 is 11.9 Å². The summed E-state index contributed by atoms with van der Waals surface area (Å²) in [5, 5.41) is 10.5. The predicted molar refractivity (Wildman–Crippen MR) is 40.5 cm³/mol. The van der Waals surface area contributed by atoms with Gasteiger partial charge in [-0.05, 0) is 6.42 Å². The molecule has 4 nitrogen and oxygen atoms in total. The van der Waals surface area contributed by atoms with Crippen molar-refractivity contribution in [3.8, 4) is 0 Å². The van der Waals surface area contributed by atoms with Crippen LogP contribution in [0.15, 0.2) is 0 Å². The monoisotopic (exact) mass is 195 g/mol. The molecule has 0 saturated heterocycles. The smallest absolute Gasteiger partial charge is 0.326 e. The third-order valence-electron chi connectivity index (χ3n) is 1.35. The number of carbonyl (C=O) groups excluding carboxylic acids is 1. The first kappa shape index (κ1) is 11.8. The average molecular weight is 195 g/mol. The highest BCUT2D eigenvalue weighted by molar-refractivity contribution is 5.81. The first-order valence-corrected chi connectivity index (χ1v) is 3.71. The number of carboxylic acid groups (broad SMARTS) is 1. The Hall–Kier alpha value is -1.20. The molecule has 0 spiro atoms. The Bertz CT molecular complexity index is 196. The van der Waals surface area contributed by atoms with Crippen LogP contribution in [0.2, 0.25) is 0 Å². The minimum Gasteiger partial charge on any atom is -0.480 e. The van der Waals surface area contributed by atoms with E-state index in [4.69, 9.17) is 5.11 Å². The largest absolute Gasteiger partial charge is 0.480 e. The van der Waals surface area contributed by atoms with Crippen LogP contribution in [0.25, 0.3) is 0 Å². The van der Waals surface area contributed by atoms with E-state index in [-0.39, 0.29) is 6.42 Å². The van der Waals surface area contributed by atoms with Crippen molar-refractivity contribution in [2.24, 2.45) is 0 Å². The molecule has 0 rings (SSSR count). The van der Waals surface area contributed by atoms with Gasteiger partial charge in [0.25, 0.3) is 0 Å². The zero-order valence-electron chi connectivity index (χ0n) is 7.09. The number of halogens is 2. The highest BCUT2D eigenvalue weighted by Gasteiger charge is 2.19. The van der Waals surface area contributed by atoms with Gasteiger partial charge in [-0.3, -0.25) is 4.79 Å². The zero-order valence-corrected chi connectivity index (χ0v) is 7.09. The van der Waals surface area contributed by atoms with Gasteiger partial charge < -0.3 is 10.4 Å². The number of alkyl halides is 2. The number of amides is 1. The lowest BCUT2D eigenvalue weighted by Crippen LogP contribution is -2.39. The molecule has 0 heterocycles. The standard InChI is InChI=1S/C7H11F2NO3/c1-4(11)10-5(7(12)13)2-3-6(8)9/h5-6H,2-3H2,1H3,(H,10,11)(H,12,13). The summed E-state index contributed by atoms with van der Waals surface area (Å²) in [5.41, 5.74) is 0. The maximum absolute atomic E-state index is 11.7. The van der Waals surface area contributed by atoms with Crippen LogP contribution in [-0.4, -0.2) is 29.5 Å². The predicted octanol–water partition coefficient (Wildman–Crippen LogP) is 0.621. The van der Waals surface area contributed by atoms with Crippen molar-refractivity contribution in [1.82, 2.24) is 5.32 Å². The van der Waals surface area contributed by atoms with E-state index >= 15 is 0 Å². The Balaban J connectivity index is 3.95. The zero-order chi connectivity index (χ0) is 10.4. The number of hydrogen-bond acceptors (Lipinski definition) is 2. The number of nitrogens with one attached hydrogen (secondary N) is 1. The van der Waals surface area contributed by atoms with E-state index in [9.17, 15) is 18.4 Å². The topological polar surface area (TPSA) is 66.4 Å². The maximum Gasteiger partial charge on any atom is 0.326 e. The van der Waals surface area contributed by atoms with Crippen LogP contribution < -0.4 is 5.32 Å². The van der Waals surface area contributed by atoms with Gasteiger partial charge in [-0.15, -0.1) is 0 Å². The molecule has 0 aromatic heterocycles. The summed E-state index contributed by atoms with van der Waals surface area (Å²) < 4.78 is 23.4. The van der Waals surface area contributed by atoms with Gasteiger partial charge in [-0.2, -0.15) is 0 Å². The fraction of sp³-hybridized carbons (Fsp3) is 0.714. The molecule has 1 unspecified atom stereocenters. The summed E-state index contributed by atoms with van der Waals surface area (Å²) in [6, 6.07) is -1.22. The molecule has 0 aliphatic carbocycles. The molecule has 0 fully saturated rings. The van der Waals surface area contributed by atoms with Crippen molar-refractivity contribution < 1.29 is 23.5 Å². The molecular formula is C7H11F2NO3. The summed E-state index contributed by atoms with van der Waals surface area (Å²) in [4.78, 5) is 20.8. The van der Waals surface area contributed by atoms with Gasteiger partial charge in [0.1, 0.15) is 6.04 Å². The van der Waals surface area contributed by atoms with Crippen LogP contribution in [0, 0.1) is 0 Å². The van der Waals surface area contributed by atoms with Crippen LogP contribution in [0.3, 0.4) is 0 Å². The number of aliphatic carboxylic acids is 1. The molecule has 0 radical (unpaired) electrons. The quantitative estimate of drug-likeness (QED) is 0.675. The second kappa shape index (κ2) is 5.45. The van der Waals surface area contributed by atoms with Crippen LogP contribution >= 0.6 is 0 Å². The van der Waals surface area contributed by atoms with Gasteiger partial charge in [0.2, 0.25) is 12.3 Å². The van der Waals surface area contributed by atoms with Crippen LogP contribution in [0.1, 0.15) is 19.8 Å². The Kier molecular flexibility index (Phi) is 4.94. The summed E-state index contributed by atoms with van der Waals surface area (Å²) in [6.07, 6.45) is -3.33. The third-order valence-corrected chi connectivity index (χ3v) is 1.35. The molecule has 0 aromatic carbocycles. The molecule has 2 N–H and O–H groups in total. The summed E-state index contributed by atoms with van der Waals surface area (Å²) in [7, 11) is 0. The molecule has 1 amide bonds. The molecule has 0 saturated carbocycles. The number of rotatable bonds is 5. The summed E-state index contributed by atoms with van der Waals surface area (Å²) in [6.45, 7) is 1.14. The molecule has 0 bridgehead atoms. The van der Waals surface area contributed by atoms with Crippen molar-refractivity contribution in [1.29, 1.82) is 0 Å². The normalized spacial score (nSPS) is 12.6. The highest BCUT2D eigenvalue weighted by atomic mass is 19.3. The lowest BCUT2D eigenvalue weighted by molar-refractivity contribution is -0.141. The van der Waals surface area contributed by atoms with E-state index < -0.39 is 30.8 Å². The van der Waals surface area contributed by atoms with E-state index in [1.165, 1.54) is 0 Å². The van der Waals surface area contributed by atoms with E-state index in [1.807, 2.05) is 0 Å². The van der Waals surface area contributed by atoms with Gasteiger partial charge >= 0.3 is 5.97 Å². The van der Waals surface area contributed by atoms with Crippen molar-refractivity contribution in [3.05, 3.63) is 0 Å². The van der Waals surface area contributed by atoms with Gasteiger partial charge in [0, 0.05) is 13.3 Å². The van der Waals surface area contributed by atoms with Gasteiger partial charge in [-0.1, -0.05) is 0 Å². The Morgan fingerprint density at radius 1 is 1.38 bits per heavy atom. The summed E-state index contributed by atoms with van der Waals surface area (Å²) >= 11 is 0. The van der Waals surface area contributed by atoms with E-state index in [1.54, 1.807) is 0 Å². The highest BCUT2D eigenvalue weighted by Crippen LogP contribution is 2.06. The summed E-state index contributed by atoms with van der Waals surface area (Å²) in [5.74, 6) is -1.84. The lowest BCUT2D eigenvalue weighted by Gasteiger charge is -2.12. The first-order chi connectivity index (χ1) is 5.93. The molecule has 0 aliphatic heterocycles. The van der Waals surface area contributed by atoms with Crippen molar-refractivity contribution in [2.45, 2.75) is 32.2 Å². The second-order valence-corrected chi connectivity index (χ2v) is 2.56. The van der Waals surface area contributed by atoms with Gasteiger partial charge in [0.15, 0.2) is 0 Å². The van der Waals surface area contributed by atoms with Crippen molar-refractivity contribution in [3.63, 3.8) is 0 Å². The second-order valence-electron chi connectivity index (χ2n) is 2.56. The number of carbonyl (C=O) groups is 2. The van der Waals surface area contributed by atoms with Crippen molar-refractivity contribution in [2.75, 3.05) is 0 Å². The Morgan fingerprint density at radius 2 is 1.92 bits per heavy atom. The van der Waals surface area contributed by atoms with Crippen LogP contribution in [0.4, 0.5) is 8.78 Å². The minimum atomic E-state index is -2.55. The molecule has 13 heavy (non-hydrogen) atoms. The van der Waals surface area contributed by atoms with E-state index in [2.05, 4.69) is 5.32 Å². The van der Waals surface area contributed by atoms with Gasteiger partial charge in [-0.25, -0.2) is 13.6 Å². The average Bonchev–Trinajstić information content (AvgIpc) is 1.96. The number of carboxylic acids is 1. The molecular weight excluding hydrogens is 184 g/mol. The van der Waals surface area contributed by atoms with Crippen LogP contribution in [0.5, 0.6) is 0 Å². The maximum atomic E-state index is 11.7. The molecule has 6 heteroatoms. The van der Waals surface area contributed by atoms with E-state index in [0.717, 1.165) is 6.92 Å². The van der Waals surface area contributed by atoms with Crippen LogP contribution in [-0.2, 0) is 9.59 Å². The lowest BCUT2D eigenvalue weighted by atomic mass is 10.1. The molecule has 0 aliphatic rings. The number of hydrogen-bond donors (Lipinski definition) is 2. The Morgan fingerprint density at radius 3 is 2.23 bits per heavy atom. The van der Waals surface area contributed by atoms with Gasteiger partial charge in [0.05, 0.1) is 0 Å². The fourth-order valence-electron chi connectivity index (χ4n) is 0.795. The molecule has 0 aromatic rings. The Labute approximate surface area is 73.9 Å². The molecule has 76 valence electrons. The third kappa shape index (κ3) is 6.01. The van der Waals surface area contributed by atoms with E-state index in [0.29, 0.717) is 0 Å². The fourth-order valence-corrected chi connectivity index (χ4v) is 0.795. The minimum absolute atomic E-state index is 0.257. The SMILES string of the molecule is CC(=O)NC(CCC(F)F)C(=O)O. The molecule has 1 atom stereocenters.